The number of halogens is 1. The van der Waals surface area contributed by atoms with E-state index >= 15 is 0 Å². The van der Waals surface area contributed by atoms with Gasteiger partial charge in [-0.2, -0.15) is 0 Å². The van der Waals surface area contributed by atoms with Gasteiger partial charge in [0.15, 0.2) is 17.1 Å². The number of methoxy groups -OCH3 is 1. The maximum Gasteiger partial charge on any atom is 0.339 e. The summed E-state index contributed by atoms with van der Waals surface area (Å²) in [6.45, 7) is 0. The van der Waals surface area contributed by atoms with E-state index in [1.807, 2.05) is 0 Å². The lowest BCUT2D eigenvalue weighted by Crippen LogP contribution is -1.95. The summed E-state index contributed by atoms with van der Waals surface area (Å²) in [4.78, 5) is 15.3. The Bertz CT molecular complexity index is 841. The smallest absolute Gasteiger partial charge is 0.339 e. The molecular formula is C15H10FNO4. The fourth-order valence-electron chi connectivity index (χ4n) is 2.04. The highest BCUT2D eigenvalue weighted by Crippen LogP contribution is 2.29. The Morgan fingerprint density at radius 2 is 2.14 bits per heavy atom. The van der Waals surface area contributed by atoms with Gasteiger partial charge >= 0.3 is 5.97 Å². The molecule has 0 aliphatic carbocycles. The Hall–Kier alpha value is -2.89. The fraction of sp³-hybridized carbons (Fsp3) is 0.0667. The lowest BCUT2D eigenvalue weighted by atomic mass is 10.2. The van der Waals surface area contributed by atoms with Crippen molar-refractivity contribution in [3.63, 3.8) is 0 Å². The molecule has 1 N–H and O–H groups in total. The van der Waals surface area contributed by atoms with Gasteiger partial charge < -0.3 is 14.3 Å². The number of ether oxygens (including phenoxy) is 1. The van der Waals surface area contributed by atoms with Crippen molar-refractivity contribution in [1.82, 2.24) is 4.98 Å². The molecule has 0 saturated heterocycles. The predicted octanol–water partition coefficient (Wildman–Crippen LogP) is 3.34. The quantitative estimate of drug-likeness (QED) is 0.799. The van der Waals surface area contributed by atoms with Crippen molar-refractivity contribution in [1.29, 1.82) is 0 Å². The van der Waals surface area contributed by atoms with Crippen LogP contribution in [0, 0.1) is 5.82 Å². The third-order valence-corrected chi connectivity index (χ3v) is 3.04. The maximum atomic E-state index is 13.7. The lowest BCUT2D eigenvalue weighted by Gasteiger charge is -2.02. The van der Waals surface area contributed by atoms with E-state index in [1.165, 1.54) is 25.3 Å². The van der Waals surface area contributed by atoms with Gasteiger partial charge in [-0.3, -0.25) is 0 Å². The van der Waals surface area contributed by atoms with Gasteiger partial charge in [-0.25, -0.2) is 14.2 Å². The number of fused-ring (bicyclic) bond motifs is 1. The van der Waals surface area contributed by atoms with Crippen molar-refractivity contribution in [3.8, 4) is 17.2 Å². The Balaban J connectivity index is 2.15. The second kappa shape index (κ2) is 4.90. The van der Waals surface area contributed by atoms with Gasteiger partial charge in [-0.15, -0.1) is 0 Å². The number of carboxylic acid groups (broad SMARTS) is 1. The van der Waals surface area contributed by atoms with E-state index in [9.17, 15) is 9.18 Å². The van der Waals surface area contributed by atoms with Gasteiger partial charge in [0.2, 0.25) is 5.89 Å². The molecule has 0 unspecified atom stereocenters. The lowest BCUT2D eigenvalue weighted by molar-refractivity contribution is 0.0698. The molecule has 106 valence electrons. The van der Waals surface area contributed by atoms with Crippen molar-refractivity contribution in [2.45, 2.75) is 0 Å². The molecule has 0 aliphatic heterocycles. The van der Waals surface area contributed by atoms with Crippen LogP contribution in [0.3, 0.4) is 0 Å². The van der Waals surface area contributed by atoms with Crippen LogP contribution in [0.1, 0.15) is 10.4 Å². The molecule has 0 fully saturated rings. The molecule has 0 spiro atoms. The zero-order valence-electron chi connectivity index (χ0n) is 11.0. The van der Waals surface area contributed by atoms with Crippen molar-refractivity contribution in [3.05, 3.63) is 47.8 Å². The summed E-state index contributed by atoms with van der Waals surface area (Å²) in [5, 5.41) is 9.11. The summed E-state index contributed by atoms with van der Waals surface area (Å²) in [6.07, 6.45) is 0. The summed E-state index contributed by atoms with van der Waals surface area (Å²) in [7, 11) is 1.37. The summed E-state index contributed by atoms with van der Waals surface area (Å²) >= 11 is 0. The first kappa shape index (κ1) is 13.1. The molecule has 0 aliphatic rings. The number of rotatable bonds is 3. The number of carboxylic acids is 1. The average molecular weight is 287 g/mol. The van der Waals surface area contributed by atoms with Gasteiger partial charge in [-0.1, -0.05) is 6.07 Å². The highest BCUT2D eigenvalue weighted by molar-refractivity contribution is 6.00. The van der Waals surface area contributed by atoms with Crippen LogP contribution >= 0.6 is 0 Å². The third-order valence-electron chi connectivity index (χ3n) is 3.04. The van der Waals surface area contributed by atoms with Gasteiger partial charge in [-0.05, 0) is 30.3 Å². The molecule has 0 bridgehead atoms. The Kier molecular flexibility index (Phi) is 3.06. The van der Waals surface area contributed by atoms with Crippen molar-refractivity contribution in [2.75, 3.05) is 7.11 Å². The van der Waals surface area contributed by atoms with Crippen LogP contribution in [-0.2, 0) is 0 Å². The number of carbonyl (C=O) groups is 1. The highest BCUT2D eigenvalue weighted by atomic mass is 19.1. The van der Waals surface area contributed by atoms with Crippen molar-refractivity contribution < 1.29 is 23.4 Å². The second-order valence-corrected chi connectivity index (χ2v) is 4.33. The topological polar surface area (TPSA) is 72.6 Å². The van der Waals surface area contributed by atoms with E-state index in [0.29, 0.717) is 11.1 Å². The fourth-order valence-corrected chi connectivity index (χ4v) is 2.04. The third kappa shape index (κ3) is 2.20. The zero-order valence-corrected chi connectivity index (χ0v) is 11.0. The second-order valence-electron chi connectivity index (χ2n) is 4.33. The normalized spacial score (nSPS) is 10.8. The molecule has 5 nitrogen and oxygen atoms in total. The molecule has 3 rings (SSSR count). The molecule has 21 heavy (non-hydrogen) atoms. The molecule has 1 aromatic heterocycles. The average Bonchev–Trinajstić information content (AvgIpc) is 2.90. The molecule has 2 aromatic carbocycles. The first-order valence-electron chi connectivity index (χ1n) is 6.07. The number of hydrogen-bond acceptors (Lipinski definition) is 4. The van der Waals surface area contributed by atoms with Crippen molar-refractivity contribution >= 4 is 17.1 Å². The first-order chi connectivity index (χ1) is 10.1. The monoisotopic (exact) mass is 287 g/mol. The maximum absolute atomic E-state index is 13.7. The Labute approximate surface area is 118 Å². The standard InChI is InChI=1S/C15H10FNO4/c1-20-12-6-5-8(7-10(12)16)14-17-11-4-2-3-9(15(18)19)13(11)21-14/h2-7H,1H3,(H,18,19). The van der Waals surface area contributed by atoms with Crippen LogP contribution in [-0.4, -0.2) is 23.2 Å². The highest BCUT2D eigenvalue weighted by Gasteiger charge is 2.16. The molecule has 0 saturated carbocycles. The zero-order chi connectivity index (χ0) is 15.0. The van der Waals surface area contributed by atoms with E-state index < -0.39 is 11.8 Å². The van der Waals surface area contributed by atoms with E-state index in [0.717, 1.165) is 0 Å². The van der Waals surface area contributed by atoms with Crippen LogP contribution < -0.4 is 4.74 Å². The molecule has 0 atom stereocenters. The van der Waals surface area contributed by atoms with Gasteiger partial charge in [0.25, 0.3) is 0 Å². The van der Waals surface area contributed by atoms with Crippen LogP contribution in [0.4, 0.5) is 4.39 Å². The van der Waals surface area contributed by atoms with E-state index in [1.54, 1.807) is 18.2 Å². The molecule has 3 aromatic rings. The number of oxazole rings is 1. The van der Waals surface area contributed by atoms with E-state index in [2.05, 4.69) is 4.98 Å². The Morgan fingerprint density at radius 1 is 1.33 bits per heavy atom. The molecule has 1 heterocycles. The van der Waals surface area contributed by atoms with Crippen LogP contribution in [0.25, 0.3) is 22.6 Å². The summed E-state index contributed by atoms with van der Waals surface area (Å²) in [5.41, 5.74) is 0.985. The van der Waals surface area contributed by atoms with Gasteiger partial charge in [0.1, 0.15) is 11.1 Å². The predicted molar refractivity (Wildman–Crippen MR) is 72.9 cm³/mol. The number of aromatic carboxylic acids is 1. The van der Waals surface area contributed by atoms with Gasteiger partial charge in [0, 0.05) is 5.56 Å². The summed E-state index contributed by atoms with van der Waals surface area (Å²) in [6, 6.07) is 8.91. The van der Waals surface area contributed by atoms with Crippen LogP contribution in [0.2, 0.25) is 0 Å². The van der Waals surface area contributed by atoms with E-state index in [4.69, 9.17) is 14.3 Å². The molecule has 6 heteroatoms. The number of nitrogens with zero attached hydrogens (tertiary/aromatic N) is 1. The molecule has 0 amide bonds. The minimum Gasteiger partial charge on any atom is -0.494 e. The number of benzene rings is 2. The minimum atomic E-state index is -1.11. The van der Waals surface area contributed by atoms with Crippen molar-refractivity contribution in [2.24, 2.45) is 0 Å². The van der Waals surface area contributed by atoms with Crippen LogP contribution in [0.15, 0.2) is 40.8 Å². The molecule has 0 radical (unpaired) electrons. The number of aromatic nitrogens is 1. The number of hydrogen-bond donors (Lipinski definition) is 1. The largest absolute Gasteiger partial charge is 0.494 e. The first-order valence-corrected chi connectivity index (χ1v) is 6.07. The Morgan fingerprint density at radius 3 is 2.81 bits per heavy atom. The van der Waals surface area contributed by atoms with Crippen LogP contribution in [0.5, 0.6) is 5.75 Å². The van der Waals surface area contributed by atoms with Gasteiger partial charge in [0.05, 0.1) is 7.11 Å². The summed E-state index contributed by atoms with van der Waals surface area (Å²) in [5.74, 6) is -1.39. The minimum absolute atomic E-state index is 0.0141. The summed E-state index contributed by atoms with van der Waals surface area (Å²) < 4.78 is 24.0. The molecular weight excluding hydrogens is 277 g/mol. The SMILES string of the molecule is COc1ccc(-c2nc3cccc(C(=O)O)c3o2)cc1F. The van der Waals surface area contributed by atoms with E-state index in [-0.39, 0.29) is 22.8 Å². The number of para-hydroxylation sites is 1.